The van der Waals surface area contributed by atoms with Crippen LogP contribution in [0, 0.1) is 13.8 Å². The van der Waals surface area contributed by atoms with Gasteiger partial charge in [-0.05, 0) is 60.8 Å². The van der Waals surface area contributed by atoms with Crippen molar-refractivity contribution in [3.8, 4) is 28.0 Å². The molecule has 0 unspecified atom stereocenters. The molecule has 0 aliphatic carbocycles. The highest BCUT2D eigenvalue weighted by atomic mass is 35.5. The Hall–Kier alpha value is -3.55. The average molecular weight is 527 g/mol. The maximum atomic E-state index is 12.7. The Labute approximate surface area is 218 Å². The fourth-order valence-corrected chi connectivity index (χ4v) is 4.45. The molecule has 0 bridgehead atoms. The summed E-state index contributed by atoms with van der Waals surface area (Å²) in [5, 5.41) is 0.206. The third-order valence-corrected chi connectivity index (χ3v) is 6.48. The highest BCUT2D eigenvalue weighted by Crippen LogP contribution is 2.27. The van der Waals surface area contributed by atoms with Crippen LogP contribution in [-0.2, 0) is 13.1 Å². The van der Waals surface area contributed by atoms with E-state index in [2.05, 4.69) is 26.8 Å². The molecule has 0 saturated heterocycles. The van der Waals surface area contributed by atoms with Crippen LogP contribution in [0.15, 0.2) is 77.6 Å². The van der Waals surface area contributed by atoms with E-state index in [1.807, 2.05) is 50.4 Å². The zero-order chi connectivity index (χ0) is 26.7. The Kier molecular flexibility index (Phi) is 7.76. The van der Waals surface area contributed by atoms with Gasteiger partial charge in [0.1, 0.15) is 10.8 Å². The number of benzene rings is 3. The van der Waals surface area contributed by atoms with E-state index in [-0.39, 0.29) is 16.2 Å². The van der Waals surface area contributed by atoms with Gasteiger partial charge in [-0.25, -0.2) is 0 Å². The molecular formula is C29H26ClF3N2O2. The lowest BCUT2D eigenvalue weighted by atomic mass is 9.98. The van der Waals surface area contributed by atoms with Crippen molar-refractivity contribution in [2.75, 3.05) is 7.05 Å². The summed E-state index contributed by atoms with van der Waals surface area (Å²) in [5.41, 5.74) is 6.70. The van der Waals surface area contributed by atoms with Gasteiger partial charge in [-0.1, -0.05) is 72.3 Å². The Balaban J connectivity index is 1.40. The number of aromatic nitrogens is 1. The minimum Gasteiger partial charge on any atom is -0.406 e. The van der Waals surface area contributed by atoms with Gasteiger partial charge in [0.05, 0.1) is 0 Å². The van der Waals surface area contributed by atoms with Crippen LogP contribution in [0.3, 0.4) is 0 Å². The SMILES string of the molecule is Cc1[nH]c(C)c(-c2ccc(-c3ccc(CN(C)Cc4ccc(OC(F)(F)F)cc4)cc3)cc2)c(=O)c1Cl. The number of aromatic amines is 1. The maximum Gasteiger partial charge on any atom is 0.573 e. The molecule has 4 nitrogen and oxygen atoms in total. The summed E-state index contributed by atoms with van der Waals surface area (Å²) in [7, 11) is 1.95. The van der Waals surface area contributed by atoms with Crippen molar-refractivity contribution in [1.29, 1.82) is 0 Å². The number of halogens is 4. The normalized spacial score (nSPS) is 11.7. The zero-order valence-corrected chi connectivity index (χ0v) is 21.4. The van der Waals surface area contributed by atoms with E-state index in [0.29, 0.717) is 24.3 Å². The molecule has 0 spiro atoms. The molecule has 0 aliphatic rings. The van der Waals surface area contributed by atoms with Crippen LogP contribution in [0.25, 0.3) is 22.3 Å². The fourth-order valence-electron chi connectivity index (χ4n) is 4.30. The summed E-state index contributed by atoms with van der Waals surface area (Å²) >= 11 is 6.17. The summed E-state index contributed by atoms with van der Waals surface area (Å²) in [6.45, 7) is 4.90. The van der Waals surface area contributed by atoms with E-state index in [1.165, 1.54) is 12.1 Å². The third-order valence-electron chi connectivity index (χ3n) is 6.03. The lowest BCUT2D eigenvalue weighted by molar-refractivity contribution is -0.274. The van der Waals surface area contributed by atoms with Crippen LogP contribution in [0.4, 0.5) is 13.2 Å². The first-order chi connectivity index (χ1) is 17.5. The third kappa shape index (κ3) is 6.61. The molecule has 0 amide bonds. The molecule has 4 rings (SSSR count). The molecule has 4 aromatic rings. The summed E-state index contributed by atoms with van der Waals surface area (Å²) in [6, 6.07) is 21.9. The second-order valence-corrected chi connectivity index (χ2v) is 9.41. The summed E-state index contributed by atoms with van der Waals surface area (Å²) in [5.74, 6) is -0.230. The number of H-pyrrole nitrogens is 1. The second-order valence-electron chi connectivity index (χ2n) is 9.03. The number of aryl methyl sites for hydroxylation is 2. The van der Waals surface area contributed by atoms with E-state index in [9.17, 15) is 18.0 Å². The molecule has 3 aromatic carbocycles. The van der Waals surface area contributed by atoms with Gasteiger partial charge in [0.25, 0.3) is 0 Å². The van der Waals surface area contributed by atoms with E-state index in [1.54, 1.807) is 19.1 Å². The minimum absolute atomic E-state index is 0.178. The quantitative estimate of drug-likeness (QED) is 0.271. The first-order valence-electron chi connectivity index (χ1n) is 11.6. The average Bonchev–Trinajstić information content (AvgIpc) is 2.84. The first kappa shape index (κ1) is 26.5. The van der Waals surface area contributed by atoms with Gasteiger partial charge in [-0.3, -0.25) is 9.69 Å². The Morgan fingerprint density at radius 3 is 1.76 bits per heavy atom. The number of nitrogens with zero attached hydrogens (tertiary/aromatic N) is 1. The van der Waals surface area contributed by atoms with Crippen LogP contribution in [0.5, 0.6) is 5.75 Å². The number of alkyl halides is 3. The van der Waals surface area contributed by atoms with E-state index >= 15 is 0 Å². The van der Waals surface area contributed by atoms with Gasteiger partial charge >= 0.3 is 6.36 Å². The van der Waals surface area contributed by atoms with Crippen molar-refractivity contribution >= 4 is 11.6 Å². The predicted molar refractivity (Wildman–Crippen MR) is 141 cm³/mol. The van der Waals surface area contributed by atoms with Crippen molar-refractivity contribution in [1.82, 2.24) is 9.88 Å². The summed E-state index contributed by atoms with van der Waals surface area (Å²) in [4.78, 5) is 17.9. The highest BCUT2D eigenvalue weighted by Gasteiger charge is 2.30. The van der Waals surface area contributed by atoms with Gasteiger partial charge in [0.2, 0.25) is 5.43 Å². The Morgan fingerprint density at radius 2 is 1.24 bits per heavy atom. The van der Waals surface area contributed by atoms with Gasteiger partial charge in [-0.15, -0.1) is 13.2 Å². The first-order valence-corrected chi connectivity index (χ1v) is 12.0. The molecule has 192 valence electrons. The Morgan fingerprint density at radius 1 is 0.784 bits per heavy atom. The van der Waals surface area contributed by atoms with E-state index in [0.717, 1.165) is 33.5 Å². The van der Waals surface area contributed by atoms with Gasteiger partial charge < -0.3 is 9.72 Å². The molecule has 37 heavy (non-hydrogen) atoms. The number of pyridine rings is 1. The molecule has 0 radical (unpaired) electrons. The van der Waals surface area contributed by atoms with Gasteiger partial charge in [0.15, 0.2) is 0 Å². The zero-order valence-electron chi connectivity index (χ0n) is 20.6. The van der Waals surface area contributed by atoms with Crippen LogP contribution in [0.2, 0.25) is 5.02 Å². The van der Waals surface area contributed by atoms with Crippen molar-refractivity contribution < 1.29 is 17.9 Å². The summed E-state index contributed by atoms with van der Waals surface area (Å²) < 4.78 is 40.9. The largest absolute Gasteiger partial charge is 0.573 e. The van der Waals surface area contributed by atoms with Crippen molar-refractivity contribution in [2.45, 2.75) is 33.3 Å². The number of rotatable bonds is 7. The van der Waals surface area contributed by atoms with Crippen LogP contribution in [0.1, 0.15) is 22.5 Å². The molecule has 1 heterocycles. The molecule has 0 fully saturated rings. The molecule has 0 aliphatic heterocycles. The standard InChI is InChI=1S/C29H26ClF3N2O2/c1-18-26(28(36)27(30)19(2)34-18)24-12-10-23(11-13-24)22-8-4-20(5-9-22)16-35(3)17-21-6-14-25(15-7-21)37-29(31,32)33/h4-15H,16-17H2,1-3H3,(H,34,36). The monoisotopic (exact) mass is 526 g/mol. The van der Waals surface area contributed by atoms with Crippen LogP contribution < -0.4 is 10.2 Å². The molecule has 1 aromatic heterocycles. The van der Waals surface area contributed by atoms with Crippen molar-refractivity contribution in [3.63, 3.8) is 0 Å². The van der Waals surface area contributed by atoms with Gasteiger partial charge in [0, 0.05) is 30.0 Å². The van der Waals surface area contributed by atoms with E-state index in [4.69, 9.17) is 11.6 Å². The van der Waals surface area contributed by atoms with Crippen molar-refractivity contribution in [2.24, 2.45) is 0 Å². The molecular weight excluding hydrogens is 501 g/mol. The Bertz CT molecular complexity index is 1430. The van der Waals surface area contributed by atoms with Gasteiger partial charge in [-0.2, -0.15) is 0 Å². The van der Waals surface area contributed by atoms with Crippen LogP contribution in [-0.4, -0.2) is 23.3 Å². The maximum absolute atomic E-state index is 12.7. The number of ether oxygens (including phenoxy) is 1. The lowest BCUT2D eigenvalue weighted by Gasteiger charge is -2.17. The van der Waals surface area contributed by atoms with Crippen LogP contribution >= 0.6 is 11.6 Å². The minimum atomic E-state index is -4.69. The highest BCUT2D eigenvalue weighted by molar-refractivity contribution is 6.31. The molecule has 0 atom stereocenters. The number of hydrogen-bond donors (Lipinski definition) is 1. The lowest BCUT2D eigenvalue weighted by Crippen LogP contribution is -2.18. The predicted octanol–water partition coefficient (Wildman–Crippen LogP) is 7.51. The fraction of sp³-hybridized carbons (Fsp3) is 0.207. The van der Waals surface area contributed by atoms with E-state index < -0.39 is 6.36 Å². The smallest absolute Gasteiger partial charge is 0.406 e. The molecule has 8 heteroatoms. The summed E-state index contributed by atoms with van der Waals surface area (Å²) in [6.07, 6.45) is -4.69. The topological polar surface area (TPSA) is 45.3 Å². The number of hydrogen-bond acceptors (Lipinski definition) is 3. The second kappa shape index (κ2) is 10.8. The van der Waals surface area contributed by atoms with Crippen molar-refractivity contribution in [3.05, 3.63) is 111 Å². The number of nitrogens with one attached hydrogen (secondary N) is 1. The molecule has 0 saturated carbocycles. The molecule has 1 N–H and O–H groups in total.